The minimum Gasteiger partial charge on any atom is -0.469 e. The summed E-state index contributed by atoms with van der Waals surface area (Å²) in [6.45, 7) is 4.03. The van der Waals surface area contributed by atoms with Crippen LogP contribution in [-0.2, 0) is 0 Å². The van der Waals surface area contributed by atoms with Gasteiger partial charge in [0.15, 0.2) is 5.01 Å². The van der Waals surface area contributed by atoms with Gasteiger partial charge in [0.1, 0.15) is 17.0 Å². The maximum atomic E-state index is 5.24. The quantitative estimate of drug-likeness (QED) is 0.802. The number of nitrogens with zero attached hydrogens (tertiary/aromatic N) is 2. The third-order valence-electron chi connectivity index (χ3n) is 2.04. The molecule has 2 rings (SSSR count). The molecule has 0 amide bonds. The second-order valence-electron chi connectivity index (χ2n) is 3.27. The van der Waals surface area contributed by atoms with Crippen LogP contribution >= 0.6 is 27.3 Å². The van der Waals surface area contributed by atoms with E-state index in [0.29, 0.717) is 4.83 Å². The highest BCUT2D eigenvalue weighted by molar-refractivity contribution is 9.09. The fourth-order valence-electron chi connectivity index (χ4n) is 1.21. The number of rotatable bonds is 3. The van der Waals surface area contributed by atoms with E-state index in [1.807, 2.05) is 13.0 Å². The minimum absolute atomic E-state index is 0.303. The normalized spacial score (nSPS) is 13.0. The Morgan fingerprint density at radius 2 is 2.33 bits per heavy atom. The topological polar surface area (TPSA) is 38.9 Å². The molecule has 2 aromatic rings. The highest BCUT2D eigenvalue weighted by Gasteiger charge is 2.13. The number of furan rings is 1. The average Bonchev–Trinajstić information content (AvgIpc) is 2.84. The molecule has 1 atom stereocenters. The fourth-order valence-corrected chi connectivity index (χ4v) is 2.46. The van der Waals surface area contributed by atoms with Crippen molar-refractivity contribution in [1.82, 2.24) is 10.2 Å². The van der Waals surface area contributed by atoms with E-state index in [0.717, 1.165) is 27.8 Å². The van der Waals surface area contributed by atoms with Crippen molar-refractivity contribution in [1.29, 1.82) is 0 Å². The molecule has 2 heterocycles. The second-order valence-corrected chi connectivity index (χ2v) is 5.38. The first-order valence-electron chi connectivity index (χ1n) is 4.73. The summed E-state index contributed by atoms with van der Waals surface area (Å²) in [6.07, 6.45) is 2.73. The number of hydrogen-bond donors (Lipinski definition) is 0. The molecule has 0 bridgehead atoms. The van der Waals surface area contributed by atoms with Gasteiger partial charge in [-0.1, -0.05) is 34.2 Å². The molecule has 0 fully saturated rings. The smallest absolute Gasteiger partial charge is 0.151 e. The summed E-state index contributed by atoms with van der Waals surface area (Å²) in [7, 11) is 0. The van der Waals surface area contributed by atoms with E-state index in [4.69, 9.17) is 4.42 Å². The molecule has 1 unspecified atom stereocenters. The van der Waals surface area contributed by atoms with Gasteiger partial charge < -0.3 is 4.42 Å². The third kappa shape index (κ3) is 2.29. The van der Waals surface area contributed by atoms with Crippen LogP contribution < -0.4 is 0 Å². The zero-order valence-electron chi connectivity index (χ0n) is 8.53. The Morgan fingerprint density at radius 3 is 2.93 bits per heavy atom. The zero-order valence-corrected chi connectivity index (χ0v) is 10.9. The maximum Gasteiger partial charge on any atom is 0.151 e. The number of aromatic nitrogens is 2. The SMILES string of the molecule is CCC(Br)c1nnc(-c2coc(C)c2)s1. The lowest BCUT2D eigenvalue weighted by molar-refractivity contribution is 0.535. The molecule has 0 aliphatic heterocycles. The van der Waals surface area contributed by atoms with E-state index >= 15 is 0 Å². The van der Waals surface area contributed by atoms with E-state index in [1.54, 1.807) is 17.6 Å². The first-order chi connectivity index (χ1) is 7.20. The lowest BCUT2D eigenvalue weighted by atomic mass is 10.3. The summed E-state index contributed by atoms with van der Waals surface area (Å²) >= 11 is 5.16. The molecular formula is C10H11BrN2OS. The second kappa shape index (κ2) is 4.45. The average molecular weight is 287 g/mol. The Balaban J connectivity index is 2.27. The molecular weight excluding hydrogens is 276 g/mol. The van der Waals surface area contributed by atoms with E-state index in [9.17, 15) is 0 Å². The van der Waals surface area contributed by atoms with Gasteiger partial charge in [0.2, 0.25) is 0 Å². The van der Waals surface area contributed by atoms with Gasteiger partial charge in [0.05, 0.1) is 10.4 Å². The summed E-state index contributed by atoms with van der Waals surface area (Å²) in [6, 6.07) is 1.97. The Kier molecular flexibility index (Phi) is 3.21. The van der Waals surface area contributed by atoms with Crippen molar-refractivity contribution < 1.29 is 4.42 Å². The molecule has 0 aromatic carbocycles. The maximum absolute atomic E-state index is 5.24. The van der Waals surface area contributed by atoms with Crippen LogP contribution in [0, 0.1) is 6.92 Å². The van der Waals surface area contributed by atoms with E-state index in [1.165, 1.54) is 0 Å². The van der Waals surface area contributed by atoms with E-state index < -0.39 is 0 Å². The van der Waals surface area contributed by atoms with Crippen molar-refractivity contribution in [2.75, 3.05) is 0 Å². The summed E-state index contributed by atoms with van der Waals surface area (Å²) in [4.78, 5) is 0.303. The Morgan fingerprint density at radius 1 is 1.53 bits per heavy atom. The minimum atomic E-state index is 0.303. The molecule has 0 radical (unpaired) electrons. The van der Waals surface area contributed by atoms with Crippen LogP contribution in [0.2, 0.25) is 0 Å². The van der Waals surface area contributed by atoms with Gasteiger partial charge in [-0.3, -0.25) is 0 Å². The summed E-state index contributed by atoms with van der Waals surface area (Å²) in [5.41, 5.74) is 1.01. The van der Waals surface area contributed by atoms with Crippen molar-refractivity contribution in [3.8, 4) is 10.6 Å². The van der Waals surface area contributed by atoms with Gasteiger partial charge in [-0.25, -0.2) is 0 Å². The highest BCUT2D eigenvalue weighted by atomic mass is 79.9. The van der Waals surface area contributed by atoms with Crippen LogP contribution in [0.5, 0.6) is 0 Å². The van der Waals surface area contributed by atoms with Crippen molar-refractivity contribution in [3.63, 3.8) is 0 Å². The standard InChI is InChI=1S/C10H11BrN2OS/c1-3-8(11)10-13-12-9(15-10)7-4-6(2)14-5-7/h4-5,8H,3H2,1-2H3. The van der Waals surface area contributed by atoms with Crippen LogP contribution in [0.4, 0.5) is 0 Å². The first-order valence-corrected chi connectivity index (χ1v) is 6.47. The van der Waals surface area contributed by atoms with Crippen LogP contribution in [-0.4, -0.2) is 10.2 Å². The highest BCUT2D eigenvalue weighted by Crippen LogP contribution is 2.32. The van der Waals surface area contributed by atoms with Gasteiger partial charge >= 0.3 is 0 Å². The predicted molar refractivity (Wildman–Crippen MR) is 64.3 cm³/mol. The molecule has 0 N–H and O–H groups in total. The summed E-state index contributed by atoms with van der Waals surface area (Å²) < 4.78 is 5.24. The monoisotopic (exact) mass is 286 g/mol. The fraction of sp³-hybridized carbons (Fsp3) is 0.400. The van der Waals surface area contributed by atoms with Gasteiger partial charge in [-0.2, -0.15) is 0 Å². The Hall–Kier alpha value is -0.680. The number of halogens is 1. The summed E-state index contributed by atoms with van der Waals surface area (Å²) in [5, 5.41) is 10.2. The molecule has 0 saturated carbocycles. The first kappa shape index (κ1) is 10.8. The molecule has 80 valence electrons. The van der Waals surface area contributed by atoms with Crippen molar-refractivity contribution in [2.24, 2.45) is 0 Å². The number of aryl methyl sites for hydroxylation is 1. The van der Waals surface area contributed by atoms with Crippen LogP contribution in [0.25, 0.3) is 10.6 Å². The Labute approximate surface area is 101 Å². The van der Waals surface area contributed by atoms with Gasteiger partial charge in [0.25, 0.3) is 0 Å². The van der Waals surface area contributed by atoms with E-state index in [2.05, 4.69) is 33.1 Å². The summed E-state index contributed by atoms with van der Waals surface area (Å²) in [5.74, 6) is 0.896. The lowest BCUT2D eigenvalue weighted by Gasteiger charge is -1.97. The Bertz CT molecular complexity index is 452. The van der Waals surface area contributed by atoms with Crippen LogP contribution in [0.15, 0.2) is 16.7 Å². The lowest BCUT2D eigenvalue weighted by Crippen LogP contribution is -1.84. The van der Waals surface area contributed by atoms with Gasteiger partial charge in [-0.15, -0.1) is 10.2 Å². The largest absolute Gasteiger partial charge is 0.469 e. The van der Waals surface area contributed by atoms with E-state index in [-0.39, 0.29) is 0 Å². The van der Waals surface area contributed by atoms with Crippen molar-refractivity contribution in [3.05, 3.63) is 23.1 Å². The molecule has 0 aliphatic carbocycles. The van der Waals surface area contributed by atoms with Gasteiger partial charge in [-0.05, 0) is 19.4 Å². The van der Waals surface area contributed by atoms with Gasteiger partial charge in [0, 0.05) is 0 Å². The molecule has 2 aromatic heterocycles. The number of alkyl halides is 1. The van der Waals surface area contributed by atoms with Crippen LogP contribution in [0.1, 0.15) is 28.9 Å². The zero-order chi connectivity index (χ0) is 10.8. The third-order valence-corrected chi connectivity index (χ3v) is 4.51. The predicted octanol–water partition coefficient (Wildman–Crippen LogP) is 3.95. The number of hydrogen-bond acceptors (Lipinski definition) is 4. The molecule has 0 aliphatic rings. The molecule has 3 nitrogen and oxygen atoms in total. The molecule has 15 heavy (non-hydrogen) atoms. The van der Waals surface area contributed by atoms with Crippen molar-refractivity contribution >= 4 is 27.3 Å². The molecule has 5 heteroatoms. The molecule has 0 spiro atoms. The van der Waals surface area contributed by atoms with Crippen LogP contribution in [0.3, 0.4) is 0 Å². The molecule has 0 saturated heterocycles. The van der Waals surface area contributed by atoms with Crippen molar-refractivity contribution in [2.45, 2.75) is 25.1 Å².